The fourth-order valence-corrected chi connectivity index (χ4v) is 5.45. The molecule has 0 bridgehead atoms. The number of likely N-dealkylation sites (tertiary alicyclic amines) is 1. The lowest BCUT2D eigenvalue weighted by Gasteiger charge is -2.31. The van der Waals surface area contributed by atoms with Gasteiger partial charge in [-0.3, -0.25) is 0 Å². The van der Waals surface area contributed by atoms with E-state index in [9.17, 15) is 22.4 Å². The van der Waals surface area contributed by atoms with Crippen LogP contribution in [-0.2, 0) is 9.47 Å². The lowest BCUT2D eigenvalue weighted by molar-refractivity contribution is -0.143. The Labute approximate surface area is 230 Å². The zero-order valence-corrected chi connectivity index (χ0v) is 22.4. The van der Waals surface area contributed by atoms with E-state index in [1.165, 1.54) is 11.0 Å². The molecule has 8 nitrogen and oxygen atoms in total. The summed E-state index contributed by atoms with van der Waals surface area (Å²) >= 11 is 0. The highest BCUT2D eigenvalue weighted by molar-refractivity contribution is 5.91. The third-order valence-corrected chi connectivity index (χ3v) is 7.59. The molecule has 3 fully saturated rings. The third-order valence-electron chi connectivity index (χ3n) is 7.59. The number of alkyl halides is 3. The van der Waals surface area contributed by atoms with Gasteiger partial charge in [-0.15, -0.1) is 0 Å². The first-order valence-corrected chi connectivity index (χ1v) is 13.7. The molecule has 40 heavy (non-hydrogen) atoms. The van der Waals surface area contributed by atoms with E-state index in [2.05, 4.69) is 15.2 Å². The Hall–Kier alpha value is -3.12. The molecule has 12 heteroatoms. The summed E-state index contributed by atoms with van der Waals surface area (Å²) in [5, 5.41) is 2.56. The first kappa shape index (κ1) is 28.4. The van der Waals surface area contributed by atoms with Gasteiger partial charge in [0, 0.05) is 57.2 Å². The van der Waals surface area contributed by atoms with Crippen LogP contribution in [0.3, 0.4) is 0 Å². The molecule has 1 N–H and O–H groups in total. The van der Waals surface area contributed by atoms with Gasteiger partial charge < -0.3 is 29.3 Å². The summed E-state index contributed by atoms with van der Waals surface area (Å²) in [7, 11) is 0. The van der Waals surface area contributed by atoms with E-state index >= 15 is 0 Å². The minimum absolute atomic E-state index is 0.00239. The Morgan fingerprint density at radius 1 is 1.07 bits per heavy atom. The number of urea groups is 1. The molecule has 2 aromatic rings. The average Bonchev–Trinajstić information content (AvgIpc) is 3.39. The number of aryl methyl sites for hydroxylation is 1. The number of rotatable bonds is 6. The summed E-state index contributed by atoms with van der Waals surface area (Å²) in [6, 6.07) is 4.22. The molecule has 3 aliphatic heterocycles. The molecule has 3 saturated heterocycles. The fourth-order valence-electron chi connectivity index (χ4n) is 5.45. The van der Waals surface area contributed by atoms with Gasteiger partial charge >= 0.3 is 12.2 Å². The standard InChI is InChI=1S/C28H34F4N4O4/c1-18-12-23(29)24(34-27(37)36-5-2-19(17-36)15-28(30,31)32)14-22(18)20-13-25(35-6-10-39-11-7-35)26(33-16-20)40-21-3-8-38-9-4-21/h12-14,16,19,21H,2-11,15,17H2,1H3,(H,34,37)/t19-/m0/s1. The minimum Gasteiger partial charge on any atom is -0.473 e. The molecule has 1 aromatic heterocycles. The summed E-state index contributed by atoms with van der Waals surface area (Å²) in [4.78, 5) is 20.9. The van der Waals surface area contributed by atoms with Gasteiger partial charge in [0.1, 0.15) is 17.6 Å². The number of morpholine rings is 1. The number of carbonyl (C=O) groups excluding carboxylic acids is 1. The zero-order chi connectivity index (χ0) is 28.3. The van der Waals surface area contributed by atoms with Crippen molar-refractivity contribution in [3.05, 3.63) is 35.8 Å². The quantitative estimate of drug-likeness (QED) is 0.473. The van der Waals surface area contributed by atoms with Crippen molar-refractivity contribution >= 4 is 17.4 Å². The second kappa shape index (κ2) is 12.2. The number of anilines is 2. The van der Waals surface area contributed by atoms with Gasteiger partial charge in [0.15, 0.2) is 0 Å². The van der Waals surface area contributed by atoms with Crippen LogP contribution >= 0.6 is 0 Å². The first-order chi connectivity index (χ1) is 19.2. The molecular weight excluding hydrogens is 532 g/mol. The van der Waals surface area contributed by atoms with Gasteiger partial charge in [-0.25, -0.2) is 14.2 Å². The van der Waals surface area contributed by atoms with Gasteiger partial charge in [0.05, 0.1) is 32.1 Å². The van der Waals surface area contributed by atoms with Gasteiger partial charge in [-0.05, 0) is 48.6 Å². The number of hydrogen-bond acceptors (Lipinski definition) is 6. The number of pyridine rings is 1. The van der Waals surface area contributed by atoms with Crippen LogP contribution in [0.15, 0.2) is 24.4 Å². The maximum atomic E-state index is 14.9. The molecule has 5 rings (SSSR count). The average molecular weight is 567 g/mol. The molecule has 0 spiro atoms. The summed E-state index contributed by atoms with van der Waals surface area (Å²) in [5.41, 5.74) is 2.82. The van der Waals surface area contributed by atoms with E-state index in [0.717, 1.165) is 24.1 Å². The highest BCUT2D eigenvalue weighted by Crippen LogP contribution is 2.36. The van der Waals surface area contributed by atoms with E-state index in [-0.39, 0.29) is 31.3 Å². The Balaban J connectivity index is 1.37. The summed E-state index contributed by atoms with van der Waals surface area (Å²) < 4.78 is 70.5. The van der Waals surface area contributed by atoms with Gasteiger partial charge in [0.25, 0.3) is 0 Å². The molecule has 0 radical (unpaired) electrons. The van der Waals surface area contributed by atoms with Crippen molar-refractivity contribution in [1.29, 1.82) is 0 Å². The molecule has 1 atom stereocenters. The minimum atomic E-state index is -4.28. The Morgan fingerprint density at radius 3 is 2.52 bits per heavy atom. The second-order valence-corrected chi connectivity index (χ2v) is 10.6. The van der Waals surface area contributed by atoms with Gasteiger partial charge in [-0.1, -0.05) is 0 Å². The van der Waals surface area contributed by atoms with Crippen molar-refractivity contribution in [3.8, 4) is 17.0 Å². The topological polar surface area (TPSA) is 76.2 Å². The number of carbonyl (C=O) groups is 1. The normalized spacial score (nSPS) is 20.6. The third kappa shape index (κ3) is 6.95. The Bertz CT molecular complexity index is 1200. The number of halogens is 4. The number of ether oxygens (including phenoxy) is 3. The monoisotopic (exact) mass is 566 g/mol. The summed E-state index contributed by atoms with van der Waals surface area (Å²) in [6.07, 6.45) is -1.73. The van der Waals surface area contributed by atoms with Crippen LogP contribution in [0.1, 0.15) is 31.2 Å². The van der Waals surface area contributed by atoms with Crippen molar-refractivity contribution in [3.63, 3.8) is 0 Å². The molecule has 1 aromatic carbocycles. The van der Waals surface area contributed by atoms with Gasteiger partial charge in [0.2, 0.25) is 5.88 Å². The van der Waals surface area contributed by atoms with E-state index < -0.39 is 30.4 Å². The van der Waals surface area contributed by atoms with Crippen molar-refractivity contribution in [2.45, 2.75) is 44.9 Å². The van der Waals surface area contributed by atoms with Crippen LogP contribution in [0.2, 0.25) is 0 Å². The number of nitrogens with one attached hydrogen (secondary N) is 1. The molecule has 0 unspecified atom stereocenters. The Morgan fingerprint density at radius 2 is 1.80 bits per heavy atom. The number of amides is 2. The summed E-state index contributed by atoms with van der Waals surface area (Å²) in [5.74, 6) is -0.759. The number of nitrogens with zero attached hydrogens (tertiary/aromatic N) is 3. The fraction of sp³-hybridized carbons (Fsp3) is 0.571. The smallest absolute Gasteiger partial charge is 0.389 e. The molecule has 4 heterocycles. The van der Waals surface area contributed by atoms with Crippen molar-refractivity contribution < 1.29 is 36.6 Å². The highest BCUT2D eigenvalue weighted by atomic mass is 19.4. The number of hydrogen-bond donors (Lipinski definition) is 1. The predicted molar refractivity (Wildman–Crippen MR) is 141 cm³/mol. The van der Waals surface area contributed by atoms with Crippen molar-refractivity contribution in [2.24, 2.45) is 5.92 Å². The lowest BCUT2D eigenvalue weighted by atomic mass is 10.00. The number of benzene rings is 1. The van der Waals surface area contributed by atoms with Crippen LogP contribution in [0.5, 0.6) is 5.88 Å². The molecular formula is C28H34F4N4O4. The molecule has 0 saturated carbocycles. The van der Waals surface area contributed by atoms with E-state index in [0.29, 0.717) is 56.5 Å². The Kier molecular flexibility index (Phi) is 8.65. The SMILES string of the molecule is Cc1cc(F)c(NC(=O)N2CC[C@@H](CC(F)(F)F)C2)cc1-c1cnc(OC2CCOCC2)c(N2CCOCC2)c1. The van der Waals surface area contributed by atoms with E-state index in [1.807, 2.05) is 6.07 Å². The van der Waals surface area contributed by atoms with Crippen LogP contribution in [0, 0.1) is 18.7 Å². The van der Waals surface area contributed by atoms with E-state index in [1.54, 1.807) is 19.2 Å². The maximum absolute atomic E-state index is 14.9. The molecule has 0 aliphatic carbocycles. The van der Waals surface area contributed by atoms with Crippen molar-refractivity contribution in [1.82, 2.24) is 9.88 Å². The van der Waals surface area contributed by atoms with Gasteiger partial charge in [-0.2, -0.15) is 13.2 Å². The van der Waals surface area contributed by atoms with Crippen LogP contribution < -0.4 is 15.0 Å². The van der Waals surface area contributed by atoms with E-state index in [4.69, 9.17) is 14.2 Å². The van der Waals surface area contributed by atoms with Crippen molar-refractivity contribution in [2.75, 3.05) is 62.8 Å². The number of aromatic nitrogens is 1. The zero-order valence-electron chi connectivity index (χ0n) is 22.4. The maximum Gasteiger partial charge on any atom is 0.389 e. The summed E-state index contributed by atoms with van der Waals surface area (Å²) in [6.45, 7) is 5.71. The van der Waals surface area contributed by atoms with Crippen LogP contribution in [0.4, 0.5) is 33.7 Å². The predicted octanol–water partition coefficient (Wildman–Crippen LogP) is 5.40. The largest absolute Gasteiger partial charge is 0.473 e. The highest BCUT2D eigenvalue weighted by Gasteiger charge is 2.36. The van der Waals surface area contributed by atoms with Crippen LogP contribution in [-0.4, -0.2) is 80.8 Å². The first-order valence-electron chi connectivity index (χ1n) is 13.7. The second-order valence-electron chi connectivity index (χ2n) is 10.6. The molecule has 2 amide bonds. The van der Waals surface area contributed by atoms with Crippen LogP contribution in [0.25, 0.3) is 11.1 Å². The molecule has 3 aliphatic rings. The molecule has 218 valence electrons. The lowest BCUT2D eigenvalue weighted by Crippen LogP contribution is -2.37.